The fraction of sp³-hybridized carbons (Fsp3) is 0.529. The van der Waals surface area contributed by atoms with E-state index in [2.05, 4.69) is 34.1 Å². The summed E-state index contributed by atoms with van der Waals surface area (Å²) in [5.74, 6) is 1.95. The minimum Gasteiger partial charge on any atom is -0.378 e. The first-order chi connectivity index (χ1) is 10.9. The first-order valence-corrected chi connectivity index (χ1v) is 8.26. The number of morpholine rings is 1. The second-order valence-corrected chi connectivity index (χ2v) is 6.01. The lowest BCUT2D eigenvalue weighted by molar-refractivity contribution is 0.122. The molecule has 0 aliphatic carbocycles. The zero-order valence-corrected chi connectivity index (χ0v) is 15.3. The number of ether oxygens (including phenoxy) is 1. The van der Waals surface area contributed by atoms with Crippen molar-refractivity contribution in [2.24, 2.45) is 0 Å². The van der Waals surface area contributed by atoms with Gasteiger partial charge in [0.1, 0.15) is 5.82 Å². The molecule has 2 aromatic rings. The van der Waals surface area contributed by atoms with Gasteiger partial charge in [0.15, 0.2) is 0 Å². The quantitative estimate of drug-likeness (QED) is 0.810. The second kappa shape index (κ2) is 8.70. The second-order valence-electron chi connectivity index (χ2n) is 6.01. The van der Waals surface area contributed by atoms with Crippen molar-refractivity contribution in [3.8, 4) is 0 Å². The van der Waals surface area contributed by atoms with Gasteiger partial charge in [0, 0.05) is 31.6 Å². The van der Waals surface area contributed by atoms with Gasteiger partial charge in [-0.2, -0.15) is 4.98 Å². The third kappa shape index (κ3) is 3.85. The summed E-state index contributed by atoms with van der Waals surface area (Å²) in [6.45, 7) is 5.50. The number of para-hydroxylation sites is 1. The molecule has 0 spiro atoms. The Kier molecular flexibility index (Phi) is 6.90. The first kappa shape index (κ1) is 19.0. The molecular formula is C17H24Cl2N4O. The molecule has 4 rings (SSSR count). The number of rotatable bonds is 2. The van der Waals surface area contributed by atoms with E-state index in [0.717, 1.165) is 62.1 Å². The van der Waals surface area contributed by atoms with E-state index in [1.807, 2.05) is 0 Å². The monoisotopic (exact) mass is 370 g/mol. The van der Waals surface area contributed by atoms with Gasteiger partial charge in [0.05, 0.1) is 18.7 Å². The van der Waals surface area contributed by atoms with Crippen LogP contribution in [0.1, 0.15) is 19.3 Å². The molecule has 2 fully saturated rings. The lowest BCUT2D eigenvalue weighted by Crippen LogP contribution is -2.37. The molecule has 0 amide bonds. The van der Waals surface area contributed by atoms with Gasteiger partial charge < -0.3 is 14.5 Å². The summed E-state index contributed by atoms with van der Waals surface area (Å²) in [4.78, 5) is 14.4. The minimum atomic E-state index is 0. The highest BCUT2D eigenvalue weighted by Gasteiger charge is 2.20. The Balaban J connectivity index is 0.00000104. The van der Waals surface area contributed by atoms with Crippen LogP contribution >= 0.6 is 24.8 Å². The standard InChI is InChI=1S/C17H22N4O.2ClH/c1-4-8-21(9-5-1)17-18-15-7-3-2-6-14(15)16(19-17)20-10-12-22-13-11-20;;/h2-3,6-7H,1,4-5,8-13H2;2*1H. The summed E-state index contributed by atoms with van der Waals surface area (Å²) in [5, 5.41) is 1.14. The van der Waals surface area contributed by atoms with Crippen LogP contribution in [0.15, 0.2) is 24.3 Å². The normalized spacial score (nSPS) is 18.0. The molecule has 0 atom stereocenters. The van der Waals surface area contributed by atoms with Crippen molar-refractivity contribution in [3.05, 3.63) is 24.3 Å². The fourth-order valence-corrected chi connectivity index (χ4v) is 3.30. The topological polar surface area (TPSA) is 41.5 Å². The molecule has 132 valence electrons. The van der Waals surface area contributed by atoms with Gasteiger partial charge in [0.2, 0.25) is 5.95 Å². The van der Waals surface area contributed by atoms with Gasteiger partial charge in [-0.1, -0.05) is 12.1 Å². The van der Waals surface area contributed by atoms with Gasteiger partial charge >= 0.3 is 0 Å². The van der Waals surface area contributed by atoms with Crippen LogP contribution in [0.5, 0.6) is 0 Å². The SMILES string of the molecule is Cl.Cl.c1ccc2c(N3CCOCC3)nc(N3CCCCC3)nc2c1. The third-order valence-electron chi connectivity index (χ3n) is 4.52. The van der Waals surface area contributed by atoms with Gasteiger partial charge in [-0.25, -0.2) is 4.98 Å². The summed E-state index contributed by atoms with van der Waals surface area (Å²) < 4.78 is 5.48. The van der Waals surface area contributed by atoms with E-state index in [1.54, 1.807) is 0 Å². The van der Waals surface area contributed by atoms with Crippen molar-refractivity contribution in [2.75, 3.05) is 49.2 Å². The Hall–Kier alpha value is -1.30. The Bertz CT molecular complexity index is 658. The molecule has 0 radical (unpaired) electrons. The Morgan fingerprint density at radius 3 is 2.25 bits per heavy atom. The molecule has 3 heterocycles. The molecule has 7 heteroatoms. The van der Waals surface area contributed by atoms with Crippen molar-refractivity contribution in [1.82, 2.24) is 9.97 Å². The fourth-order valence-electron chi connectivity index (χ4n) is 3.30. The van der Waals surface area contributed by atoms with E-state index in [4.69, 9.17) is 14.7 Å². The summed E-state index contributed by atoms with van der Waals surface area (Å²) in [6.07, 6.45) is 3.80. The summed E-state index contributed by atoms with van der Waals surface area (Å²) in [7, 11) is 0. The molecule has 0 saturated carbocycles. The number of benzene rings is 1. The van der Waals surface area contributed by atoms with E-state index in [-0.39, 0.29) is 24.8 Å². The van der Waals surface area contributed by atoms with Gasteiger partial charge in [0.25, 0.3) is 0 Å². The van der Waals surface area contributed by atoms with Gasteiger partial charge in [-0.3, -0.25) is 0 Å². The van der Waals surface area contributed by atoms with E-state index < -0.39 is 0 Å². The van der Waals surface area contributed by atoms with Crippen LogP contribution in [0.3, 0.4) is 0 Å². The van der Waals surface area contributed by atoms with Crippen molar-refractivity contribution < 1.29 is 4.74 Å². The molecule has 2 aliphatic rings. The molecule has 2 aliphatic heterocycles. The number of aromatic nitrogens is 2. The number of fused-ring (bicyclic) bond motifs is 1. The number of nitrogens with zero attached hydrogens (tertiary/aromatic N) is 4. The highest BCUT2D eigenvalue weighted by Crippen LogP contribution is 2.28. The summed E-state index contributed by atoms with van der Waals surface area (Å²) >= 11 is 0. The maximum atomic E-state index is 5.48. The highest BCUT2D eigenvalue weighted by atomic mass is 35.5. The van der Waals surface area contributed by atoms with Crippen LogP contribution < -0.4 is 9.80 Å². The molecule has 24 heavy (non-hydrogen) atoms. The number of hydrogen-bond donors (Lipinski definition) is 0. The maximum Gasteiger partial charge on any atom is 0.227 e. The van der Waals surface area contributed by atoms with E-state index in [0.29, 0.717) is 0 Å². The zero-order valence-electron chi connectivity index (χ0n) is 13.7. The van der Waals surface area contributed by atoms with E-state index >= 15 is 0 Å². The van der Waals surface area contributed by atoms with Crippen molar-refractivity contribution in [2.45, 2.75) is 19.3 Å². The van der Waals surface area contributed by atoms with Gasteiger partial charge in [-0.15, -0.1) is 24.8 Å². The zero-order chi connectivity index (χ0) is 14.8. The number of hydrogen-bond acceptors (Lipinski definition) is 5. The molecule has 1 aromatic heterocycles. The van der Waals surface area contributed by atoms with Crippen LogP contribution in [0.2, 0.25) is 0 Å². The van der Waals surface area contributed by atoms with Gasteiger partial charge in [-0.05, 0) is 31.4 Å². The lowest BCUT2D eigenvalue weighted by Gasteiger charge is -2.31. The first-order valence-electron chi connectivity index (χ1n) is 8.26. The number of piperidine rings is 1. The number of halogens is 2. The van der Waals surface area contributed by atoms with Crippen LogP contribution in [-0.4, -0.2) is 49.4 Å². The smallest absolute Gasteiger partial charge is 0.227 e. The van der Waals surface area contributed by atoms with Crippen LogP contribution in [0, 0.1) is 0 Å². The molecule has 5 nitrogen and oxygen atoms in total. The van der Waals surface area contributed by atoms with Crippen LogP contribution in [-0.2, 0) is 4.74 Å². The van der Waals surface area contributed by atoms with Crippen molar-refractivity contribution in [3.63, 3.8) is 0 Å². The van der Waals surface area contributed by atoms with Crippen LogP contribution in [0.4, 0.5) is 11.8 Å². The average Bonchev–Trinajstić information content (AvgIpc) is 2.62. The lowest BCUT2D eigenvalue weighted by atomic mass is 10.1. The Labute approximate surface area is 155 Å². The Morgan fingerprint density at radius 2 is 1.50 bits per heavy atom. The van der Waals surface area contributed by atoms with E-state index in [1.165, 1.54) is 19.3 Å². The molecule has 0 bridgehead atoms. The van der Waals surface area contributed by atoms with Crippen LogP contribution in [0.25, 0.3) is 10.9 Å². The third-order valence-corrected chi connectivity index (χ3v) is 4.52. The summed E-state index contributed by atoms with van der Waals surface area (Å²) in [5.41, 5.74) is 1.04. The minimum absolute atomic E-state index is 0. The van der Waals surface area contributed by atoms with E-state index in [9.17, 15) is 0 Å². The predicted octanol–water partition coefficient (Wildman–Crippen LogP) is 3.30. The van der Waals surface area contributed by atoms with Crippen molar-refractivity contribution >= 4 is 47.5 Å². The molecule has 1 aromatic carbocycles. The maximum absolute atomic E-state index is 5.48. The summed E-state index contributed by atoms with van der Waals surface area (Å²) in [6, 6.07) is 8.34. The predicted molar refractivity (Wildman–Crippen MR) is 103 cm³/mol. The average molecular weight is 371 g/mol. The largest absolute Gasteiger partial charge is 0.378 e. The van der Waals surface area contributed by atoms with Crippen molar-refractivity contribution in [1.29, 1.82) is 0 Å². The molecule has 0 unspecified atom stereocenters. The Morgan fingerprint density at radius 1 is 0.792 bits per heavy atom. The number of anilines is 2. The highest BCUT2D eigenvalue weighted by molar-refractivity contribution is 5.90. The molecule has 2 saturated heterocycles. The molecular weight excluding hydrogens is 347 g/mol. The molecule has 0 N–H and O–H groups in total.